The minimum atomic E-state index is -3.58. The summed E-state index contributed by atoms with van der Waals surface area (Å²) >= 11 is 0. The molecule has 0 aromatic carbocycles. The minimum Gasteiger partial charge on any atom is -0.377 e. The van der Waals surface area contributed by atoms with E-state index in [1.165, 1.54) is 0 Å². The third-order valence-electron chi connectivity index (χ3n) is 4.62. The first-order chi connectivity index (χ1) is 10.2. The van der Waals surface area contributed by atoms with Crippen molar-refractivity contribution in [2.24, 2.45) is 5.92 Å². The van der Waals surface area contributed by atoms with Crippen molar-refractivity contribution in [2.45, 2.75) is 58.0 Å². The van der Waals surface area contributed by atoms with Crippen LogP contribution in [0.5, 0.6) is 0 Å². The van der Waals surface area contributed by atoms with E-state index in [0.29, 0.717) is 25.7 Å². The number of carbonyl (C=O) groups is 1. The van der Waals surface area contributed by atoms with Crippen molar-refractivity contribution < 1.29 is 17.9 Å². The summed E-state index contributed by atoms with van der Waals surface area (Å²) in [4.78, 5) is 14.0. The number of hydrogen-bond acceptors (Lipinski definition) is 4. The Labute approximate surface area is 133 Å². The number of carbonyl (C=O) groups excluding carboxylic acids is 1. The molecule has 22 heavy (non-hydrogen) atoms. The lowest BCUT2D eigenvalue weighted by Crippen LogP contribution is -2.57. The number of nitrogens with zero attached hydrogens (tertiary/aromatic N) is 1. The van der Waals surface area contributed by atoms with E-state index in [4.69, 9.17) is 4.74 Å². The van der Waals surface area contributed by atoms with Crippen LogP contribution in [0, 0.1) is 5.92 Å². The normalized spacial score (nSPS) is 29.3. The predicted octanol–water partition coefficient (Wildman–Crippen LogP) is 1.12. The van der Waals surface area contributed by atoms with E-state index < -0.39 is 21.3 Å². The number of morpholine rings is 1. The molecular weight excluding hydrogens is 304 g/mol. The summed E-state index contributed by atoms with van der Waals surface area (Å²) in [6, 6.07) is -0.0216. The van der Waals surface area contributed by atoms with E-state index in [2.05, 4.69) is 11.6 Å². The first-order valence-corrected chi connectivity index (χ1v) is 9.73. The molecular formula is C15H28N2O4S. The molecule has 0 unspecified atom stereocenters. The molecule has 1 aliphatic carbocycles. The van der Waals surface area contributed by atoms with Crippen molar-refractivity contribution in [1.82, 2.24) is 9.62 Å². The van der Waals surface area contributed by atoms with Gasteiger partial charge in [-0.1, -0.05) is 6.92 Å². The molecule has 1 amide bonds. The molecule has 2 rings (SSSR count). The maximum atomic E-state index is 12.4. The molecule has 0 aromatic rings. The van der Waals surface area contributed by atoms with Crippen molar-refractivity contribution in [3.05, 3.63) is 0 Å². The van der Waals surface area contributed by atoms with Crippen molar-refractivity contribution >= 4 is 15.9 Å². The van der Waals surface area contributed by atoms with Gasteiger partial charge in [0.25, 0.3) is 0 Å². The molecule has 6 nitrogen and oxygen atoms in total. The van der Waals surface area contributed by atoms with Crippen LogP contribution in [0.25, 0.3) is 0 Å². The summed E-state index contributed by atoms with van der Waals surface area (Å²) in [7, 11) is -3.58. The molecule has 1 aliphatic heterocycles. The Morgan fingerprint density at radius 2 is 1.91 bits per heavy atom. The minimum absolute atomic E-state index is 0.0216. The molecule has 128 valence electrons. The van der Waals surface area contributed by atoms with Crippen LogP contribution in [-0.2, 0) is 19.6 Å². The third-order valence-corrected chi connectivity index (χ3v) is 5.94. The van der Waals surface area contributed by atoms with Crippen LogP contribution in [0.2, 0.25) is 0 Å². The first-order valence-electron chi connectivity index (χ1n) is 8.08. The molecule has 1 saturated carbocycles. The molecule has 1 saturated heterocycles. The molecule has 0 radical (unpaired) electrons. The van der Waals surface area contributed by atoms with Crippen LogP contribution >= 0.6 is 0 Å². The lowest BCUT2D eigenvalue weighted by Gasteiger charge is -2.42. The summed E-state index contributed by atoms with van der Waals surface area (Å²) in [5, 5.41) is 0. The maximum Gasteiger partial charge on any atom is 0.239 e. The fourth-order valence-corrected chi connectivity index (χ4v) is 4.54. The SMILES string of the molecule is CC1CCC(NS(=O)(=O)CC(=O)N2CCOCC2(C)C)CC1. The highest BCUT2D eigenvalue weighted by Gasteiger charge is 2.36. The molecule has 2 fully saturated rings. The molecule has 1 heterocycles. The Morgan fingerprint density at radius 1 is 1.27 bits per heavy atom. The van der Waals surface area contributed by atoms with Crippen LogP contribution in [0.15, 0.2) is 0 Å². The largest absolute Gasteiger partial charge is 0.377 e. The lowest BCUT2D eigenvalue weighted by molar-refractivity contribution is -0.143. The molecule has 1 N–H and O–H groups in total. The van der Waals surface area contributed by atoms with E-state index >= 15 is 0 Å². The number of sulfonamides is 1. The zero-order valence-corrected chi connectivity index (χ0v) is 14.6. The lowest BCUT2D eigenvalue weighted by atomic mass is 9.88. The second-order valence-electron chi connectivity index (χ2n) is 7.24. The van der Waals surface area contributed by atoms with Gasteiger partial charge in [0.1, 0.15) is 5.75 Å². The van der Waals surface area contributed by atoms with Crippen LogP contribution in [-0.4, -0.2) is 56.3 Å². The summed E-state index contributed by atoms with van der Waals surface area (Å²) in [5.74, 6) is -0.149. The fraction of sp³-hybridized carbons (Fsp3) is 0.933. The highest BCUT2D eigenvalue weighted by atomic mass is 32.2. The quantitative estimate of drug-likeness (QED) is 0.837. The summed E-state index contributed by atoms with van der Waals surface area (Å²) in [5.41, 5.74) is -0.453. The van der Waals surface area contributed by atoms with E-state index in [1.807, 2.05) is 13.8 Å². The third kappa shape index (κ3) is 4.67. The summed E-state index contributed by atoms with van der Waals surface area (Å²) in [6.07, 6.45) is 3.80. The van der Waals surface area contributed by atoms with Gasteiger partial charge in [0.05, 0.1) is 18.8 Å². The van der Waals surface area contributed by atoms with Gasteiger partial charge in [-0.15, -0.1) is 0 Å². The number of hydrogen-bond donors (Lipinski definition) is 1. The maximum absolute atomic E-state index is 12.4. The van der Waals surface area contributed by atoms with Crippen LogP contribution in [0.1, 0.15) is 46.5 Å². The van der Waals surface area contributed by atoms with E-state index in [9.17, 15) is 13.2 Å². The molecule has 2 aliphatic rings. The zero-order valence-electron chi connectivity index (χ0n) is 13.8. The van der Waals surface area contributed by atoms with Gasteiger partial charge in [-0.05, 0) is 45.4 Å². The van der Waals surface area contributed by atoms with E-state index in [-0.39, 0.29) is 11.9 Å². The van der Waals surface area contributed by atoms with Crippen molar-refractivity contribution in [3.8, 4) is 0 Å². The van der Waals surface area contributed by atoms with Crippen molar-refractivity contribution in [1.29, 1.82) is 0 Å². The number of rotatable bonds is 4. The average Bonchev–Trinajstić information content (AvgIpc) is 2.40. The standard InChI is InChI=1S/C15H28N2O4S/c1-12-4-6-13(7-5-12)16-22(19,20)10-14(18)17-8-9-21-11-15(17,2)3/h12-13,16H,4-11H2,1-3H3. The number of amides is 1. The molecule has 0 atom stereocenters. The first kappa shape index (κ1) is 17.7. The van der Waals surface area contributed by atoms with Gasteiger partial charge in [-0.25, -0.2) is 13.1 Å². The smallest absolute Gasteiger partial charge is 0.239 e. The number of ether oxygens (including phenoxy) is 1. The van der Waals surface area contributed by atoms with Gasteiger partial charge < -0.3 is 9.64 Å². The monoisotopic (exact) mass is 332 g/mol. The van der Waals surface area contributed by atoms with Gasteiger partial charge in [0.15, 0.2) is 0 Å². The Morgan fingerprint density at radius 3 is 2.50 bits per heavy atom. The number of nitrogens with one attached hydrogen (secondary N) is 1. The van der Waals surface area contributed by atoms with E-state index in [1.54, 1.807) is 4.90 Å². The molecule has 0 bridgehead atoms. The van der Waals surface area contributed by atoms with Gasteiger partial charge >= 0.3 is 0 Å². The Hall–Kier alpha value is -0.660. The second-order valence-corrected chi connectivity index (χ2v) is 9.00. The second kappa shape index (κ2) is 6.84. The van der Waals surface area contributed by atoms with Gasteiger partial charge in [0, 0.05) is 12.6 Å². The summed E-state index contributed by atoms with van der Waals surface area (Å²) in [6.45, 7) is 7.33. The molecule has 7 heteroatoms. The van der Waals surface area contributed by atoms with Crippen LogP contribution in [0.4, 0.5) is 0 Å². The van der Waals surface area contributed by atoms with Crippen molar-refractivity contribution in [3.63, 3.8) is 0 Å². The van der Waals surface area contributed by atoms with Gasteiger partial charge in [0.2, 0.25) is 15.9 Å². The zero-order chi connectivity index (χ0) is 16.4. The Bertz CT molecular complexity index is 496. The van der Waals surface area contributed by atoms with Gasteiger partial charge in [-0.3, -0.25) is 4.79 Å². The summed E-state index contributed by atoms with van der Waals surface area (Å²) < 4.78 is 32.6. The molecule has 0 aromatic heterocycles. The molecule has 0 spiro atoms. The Balaban J connectivity index is 1.92. The van der Waals surface area contributed by atoms with Gasteiger partial charge in [-0.2, -0.15) is 0 Å². The highest BCUT2D eigenvalue weighted by Crippen LogP contribution is 2.24. The topological polar surface area (TPSA) is 75.7 Å². The van der Waals surface area contributed by atoms with Crippen molar-refractivity contribution in [2.75, 3.05) is 25.5 Å². The predicted molar refractivity (Wildman–Crippen MR) is 85.0 cm³/mol. The fourth-order valence-electron chi connectivity index (χ4n) is 3.23. The highest BCUT2D eigenvalue weighted by molar-refractivity contribution is 7.90. The Kier molecular flexibility index (Phi) is 5.50. The van der Waals surface area contributed by atoms with E-state index in [0.717, 1.165) is 25.7 Å². The average molecular weight is 332 g/mol. The van der Waals surface area contributed by atoms with Crippen LogP contribution < -0.4 is 4.72 Å². The van der Waals surface area contributed by atoms with Crippen LogP contribution in [0.3, 0.4) is 0 Å².